The minimum absolute atomic E-state index is 0.466. The van der Waals surface area contributed by atoms with E-state index in [2.05, 4.69) is 26.1 Å². The third-order valence-electron chi connectivity index (χ3n) is 2.13. The van der Waals surface area contributed by atoms with E-state index in [0.717, 1.165) is 24.3 Å². The molecule has 1 aromatic heterocycles. The Labute approximate surface area is 116 Å². The molecule has 3 nitrogen and oxygen atoms in total. The average Bonchev–Trinajstić information content (AvgIpc) is 2.63. The van der Waals surface area contributed by atoms with Crippen molar-refractivity contribution in [3.63, 3.8) is 0 Å². The Morgan fingerprint density at radius 1 is 1.41 bits per heavy atom. The maximum atomic E-state index is 9.53. The van der Waals surface area contributed by atoms with Gasteiger partial charge >= 0.3 is 0 Å². The standard InChI is InChI=1S/C11H11BrN2OS2/c1-6(15)9-4-3-8(5-10(9)12)17-11-14-13-7(2)16-11/h3-6,15H,1-2H3. The van der Waals surface area contributed by atoms with Crippen molar-refractivity contribution in [3.05, 3.63) is 33.2 Å². The minimum Gasteiger partial charge on any atom is -0.389 e. The quantitative estimate of drug-likeness (QED) is 0.929. The summed E-state index contributed by atoms with van der Waals surface area (Å²) < 4.78 is 1.85. The molecule has 0 saturated heterocycles. The van der Waals surface area contributed by atoms with Gasteiger partial charge in [0.25, 0.3) is 0 Å². The first-order valence-electron chi connectivity index (χ1n) is 5.01. The van der Waals surface area contributed by atoms with Crippen LogP contribution in [-0.4, -0.2) is 15.3 Å². The van der Waals surface area contributed by atoms with E-state index in [4.69, 9.17) is 0 Å². The minimum atomic E-state index is -0.466. The van der Waals surface area contributed by atoms with E-state index >= 15 is 0 Å². The lowest BCUT2D eigenvalue weighted by molar-refractivity contribution is 0.198. The van der Waals surface area contributed by atoms with Crippen molar-refractivity contribution in [1.82, 2.24) is 10.2 Å². The van der Waals surface area contributed by atoms with Gasteiger partial charge in [0.15, 0.2) is 4.34 Å². The molecular formula is C11H11BrN2OS2. The van der Waals surface area contributed by atoms with Crippen LogP contribution in [0.15, 0.2) is 31.9 Å². The summed E-state index contributed by atoms with van der Waals surface area (Å²) in [6.07, 6.45) is -0.466. The largest absolute Gasteiger partial charge is 0.389 e. The monoisotopic (exact) mass is 330 g/mol. The number of nitrogens with zero attached hydrogens (tertiary/aromatic N) is 2. The highest BCUT2D eigenvalue weighted by molar-refractivity contribution is 9.10. The highest BCUT2D eigenvalue weighted by Crippen LogP contribution is 2.33. The smallest absolute Gasteiger partial charge is 0.179 e. The highest BCUT2D eigenvalue weighted by Gasteiger charge is 2.09. The molecule has 0 amide bonds. The molecule has 17 heavy (non-hydrogen) atoms. The van der Waals surface area contributed by atoms with E-state index in [9.17, 15) is 5.11 Å². The lowest BCUT2D eigenvalue weighted by Crippen LogP contribution is -1.92. The van der Waals surface area contributed by atoms with Crippen LogP contribution >= 0.6 is 39.0 Å². The van der Waals surface area contributed by atoms with E-state index < -0.39 is 6.10 Å². The third-order valence-corrected chi connectivity index (χ3v) is 4.70. The van der Waals surface area contributed by atoms with Gasteiger partial charge in [-0.1, -0.05) is 45.1 Å². The number of halogens is 1. The van der Waals surface area contributed by atoms with Gasteiger partial charge in [0.05, 0.1) is 6.10 Å². The molecule has 0 radical (unpaired) electrons. The summed E-state index contributed by atoms with van der Waals surface area (Å²) in [5, 5.41) is 18.5. The molecule has 1 aromatic carbocycles. The Morgan fingerprint density at radius 2 is 2.18 bits per heavy atom. The first-order valence-corrected chi connectivity index (χ1v) is 7.44. The molecule has 2 rings (SSSR count). The number of aliphatic hydroxyl groups is 1. The predicted molar refractivity (Wildman–Crippen MR) is 73.5 cm³/mol. The van der Waals surface area contributed by atoms with Gasteiger partial charge < -0.3 is 5.11 Å². The Morgan fingerprint density at radius 3 is 2.71 bits per heavy atom. The van der Waals surface area contributed by atoms with Gasteiger partial charge in [0.1, 0.15) is 5.01 Å². The van der Waals surface area contributed by atoms with Gasteiger partial charge in [-0.05, 0) is 31.5 Å². The zero-order valence-corrected chi connectivity index (χ0v) is 12.6. The van der Waals surface area contributed by atoms with Crippen molar-refractivity contribution in [2.45, 2.75) is 29.2 Å². The topological polar surface area (TPSA) is 46.0 Å². The lowest BCUT2D eigenvalue weighted by Gasteiger charge is -2.08. The van der Waals surface area contributed by atoms with Crippen LogP contribution in [0.4, 0.5) is 0 Å². The second-order valence-corrected chi connectivity index (χ2v) is 6.90. The molecule has 1 unspecified atom stereocenters. The van der Waals surface area contributed by atoms with E-state index in [1.807, 2.05) is 25.1 Å². The van der Waals surface area contributed by atoms with Crippen LogP contribution in [0.3, 0.4) is 0 Å². The molecule has 1 heterocycles. The maximum absolute atomic E-state index is 9.53. The average molecular weight is 331 g/mol. The molecule has 0 spiro atoms. The van der Waals surface area contributed by atoms with Crippen molar-refractivity contribution < 1.29 is 5.11 Å². The maximum Gasteiger partial charge on any atom is 0.179 e. The van der Waals surface area contributed by atoms with Crippen molar-refractivity contribution in [3.8, 4) is 0 Å². The van der Waals surface area contributed by atoms with Gasteiger partial charge in [0, 0.05) is 9.37 Å². The Balaban J connectivity index is 2.20. The predicted octanol–water partition coefficient (Wildman–Crippen LogP) is 3.81. The SMILES string of the molecule is Cc1nnc(Sc2ccc(C(C)O)c(Br)c2)s1. The number of aliphatic hydroxyl groups excluding tert-OH is 1. The first-order chi connectivity index (χ1) is 8.06. The molecule has 1 N–H and O–H groups in total. The number of aromatic nitrogens is 2. The van der Waals surface area contributed by atoms with E-state index in [1.165, 1.54) is 0 Å². The van der Waals surface area contributed by atoms with Crippen molar-refractivity contribution in [2.75, 3.05) is 0 Å². The highest BCUT2D eigenvalue weighted by atomic mass is 79.9. The Bertz CT molecular complexity index is 528. The van der Waals surface area contributed by atoms with Crippen LogP contribution < -0.4 is 0 Å². The first kappa shape index (κ1) is 13.0. The van der Waals surface area contributed by atoms with Gasteiger partial charge in [-0.15, -0.1) is 10.2 Å². The molecule has 0 saturated carbocycles. The zero-order chi connectivity index (χ0) is 12.4. The molecule has 90 valence electrons. The fraction of sp³-hybridized carbons (Fsp3) is 0.273. The molecule has 1 atom stereocenters. The van der Waals surface area contributed by atoms with Gasteiger partial charge in [0.2, 0.25) is 0 Å². The second-order valence-electron chi connectivity index (χ2n) is 3.55. The number of benzene rings is 1. The number of hydrogen-bond acceptors (Lipinski definition) is 5. The van der Waals surface area contributed by atoms with Crippen LogP contribution in [0.5, 0.6) is 0 Å². The number of rotatable bonds is 3. The zero-order valence-electron chi connectivity index (χ0n) is 9.35. The van der Waals surface area contributed by atoms with Crippen molar-refractivity contribution in [1.29, 1.82) is 0 Å². The fourth-order valence-electron chi connectivity index (χ4n) is 1.33. The molecule has 0 aliphatic carbocycles. The molecule has 2 aromatic rings. The summed E-state index contributed by atoms with van der Waals surface area (Å²) in [5.41, 5.74) is 0.891. The summed E-state index contributed by atoms with van der Waals surface area (Å²) in [7, 11) is 0. The van der Waals surface area contributed by atoms with Crippen LogP contribution in [0.2, 0.25) is 0 Å². The Hall–Kier alpha value is -0.430. The van der Waals surface area contributed by atoms with Gasteiger partial charge in [-0.2, -0.15) is 0 Å². The Kier molecular flexibility index (Phi) is 4.19. The molecule has 0 aliphatic rings. The normalized spacial score (nSPS) is 12.7. The van der Waals surface area contributed by atoms with Crippen LogP contribution in [-0.2, 0) is 0 Å². The summed E-state index contributed by atoms with van der Waals surface area (Å²) in [6.45, 7) is 3.69. The second kappa shape index (κ2) is 5.48. The molecule has 0 fully saturated rings. The van der Waals surface area contributed by atoms with E-state index in [1.54, 1.807) is 30.0 Å². The van der Waals surface area contributed by atoms with Crippen molar-refractivity contribution >= 4 is 39.0 Å². The summed E-state index contributed by atoms with van der Waals surface area (Å²) in [4.78, 5) is 1.08. The molecule has 6 heteroatoms. The van der Waals surface area contributed by atoms with Crippen molar-refractivity contribution in [2.24, 2.45) is 0 Å². The molecule has 0 aliphatic heterocycles. The van der Waals surface area contributed by atoms with Gasteiger partial charge in [-0.3, -0.25) is 0 Å². The van der Waals surface area contributed by atoms with Crippen LogP contribution in [0, 0.1) is 6.92 Å². The van der Waals surface area contributed by atoms with Crippen LogP contribution in [0.1, 0.15) is 23.6 Å². The third kappa shape index (κ3) is 3.28. The van der Waals surface area contributed by atoms with Gasteiger partial charge in [-0.25, -0.2) is 0 Å². The summed E-state index contributed by atoms with van der Waals surface area (Å²) >= 11 is 6.61. The molecular weight excluding hydrogens is 320 g/mol. The van der Waals surface area contributed by atoms with E-state index in [-0.39, 0.29) is 0 Å². The summed E-state index contributed by atoms with van der Waals surface area (Å²) in [6, 6.07) is 5.89. The molecule has 0 bridgehead atoms. The lowest BCUT2D eigenvalue weighted by atomic mass is 10.1. The number of aryl methyl sites for hydroxylation is 1. The number of hydrogen-bond donors (Lipinski definition) is 1. The van der Waals surface area contributed by atoms with Crippen LogP contribution in [0.25, 0.3) is 0 Å². The van der Waals surface area contributed by atoms with E-state index in [0.29, 0.717) is 0 Å². The summed E-state index contributed by atoms with van der Waals surface area (Å²) in [5.74, 6) is 0. The fourth-order valence-corrected chi connectivity index (χ4v) is 4.02.